The van der Waals surface area contributed by atoms with Crippen molar-refractivity contribution in [1.82, 2.24) is 10.6 Å². The van der Waals surface area contributed by atoms with Crippen LogP contribution in [-0.4, -0.2) is 35.7 Å². The van der Waals surface area contributed by atoms with E-state index in [0.29, 0.717) is 31.0 Å². The van der Waals surface area contributed by atoms with E-state index in [9.17, 15) is 4.79 Å². The van der Waals surface area contributed by atoms with Gasteiger partial charge in [-0.15, -0.1) is 0 Å². The Morgan fingerprint density at radius 3 is 2.62 bits per heavy atom. The number of hydrogen-bond donors (Lipinski definition) is 3. The van der Waals surface area contributed by atoms with Gasteiger partial charge in [-0.05, 0) is 38.5 Å². The Morgan fingerprint density at radius 1 is 1.44 bits per heavy atom. The van der Waals surface area contributed by atoms with E-state index in [4.69, 9.17) is 5.11 Å². The molecule has 0 aromatic rings. The highest BCUT2D eigenvalue weighted by Crippen LogP contribution is 2.32. The number of amides is 1. The van der Waals surface area contributed by atoms with Gasteiger partial charge in [0.25, 0.3) is 0 Å². The van der Waals surface area contributed by atoms with Gasteiger partial charge in [-0.2, -0.15) is 0 Å². The van der Waals surface area contributed by atoms with Gasteiger partial charge in [-0.1, -0.05) is 0 Å². The maximum atomic E-state index is 11.6. The molecule has 1 amide bonds. The minimum atomic E-state index is -0.451. The molecule has 2 heterocycles. The molecule has 92 valence electrons. The van der Waals surface area contributed by atoms with Crippen LogP contribution in [0.2, 0.25) is 0 Å². The topological polar surface area (TPSA) is 61.4 Å². The summed E-state index contributed by atoms with van der Waals surface area (Å²) in [5.41, 5.74) is 0. The Balaban J connectivity index is 1.71. The molecule has 0 aromatic carbocycles. The van der Waals surface area contributed by atoms with Crippen molar-refractivity contribution < 1.29 is 9.90 Å². The van der Waals surface area contributed by atoms with Gasteiger partial charge in [0, 0.05) is 25.0 Å². The van der Waals surface area contributed by atoms with Gasteiger partial charge in [0.2, 0.25) is 5.91 Å². The minimum absolute atomic E-state index is 0.0900. The molecule has 2 saturated heterocycles. The number of carbonyl (C=O) groups excluding carboxylic acids is 1. The standard InChI is InChI=1S/C12H22N2O2/c1-8(15)7-13-12(16)6-9-4-10-2-3-11(5-9)14-10/h8-11,14-15H,2-7H2,1H3,(H,13,16)/t8-,9?,10?,11?/m1/s1. The van der Waals surface area contributed by atoms with Crippen LogP contribution in [0.5, 0.6) is 0 Å². The summed E-state index contributed by atoms with van der Waals surface area (Å²) in [4.78, 5) is 11.6. The number of piperidine rings is 1. The predicted octanol–water partition coefficient (Wildman–Crippen LogP) is 0.404. The Labute approximate surface area is 96.8 Å². The van der Waals surface area contributed by atoms with E-state index < -0.39 is 6.10 Å². The first-order valence-electron chi connectivity index (χ1n) is 6.34. The van der Waals surface area contributed by atoms with Gasteiger partial charge in [0.15, 0.2) is 0 Å². The number of fused-ring (bicyclic) bond motifs is 2. The van der Waals surface area contributed by atoms with Crippen LogP contribution in [-0.2, 0) is 4.79 Å². The summed E-state index contributed by atoms with van der Waals surface area (Å²) in [6, 6.07) is 1.29. The molecule has 0 radical (unpaired) electrons. The average Bonchev–Trinajstić information content (AvgIpc) is 2.55. The van der Waals surface area contributed by atoms with Crippen LogP contribution in [0.15, 0.2) is 0 Å². The lowest BCUT2D eigenvalue weighted by Crippen LogP contribution is -2.40. The molecule has 2 bridgehead atoms. The van der Waals surface area contributed by atoms with Crippen molar-refractivity contribution in [2.75, 3.05) is 6.54 Å². The third-order valence-corrected chi connectivity index (χ3v) is 3.64. The van der Waals surface area contributed by atoms with Crippen molar-refractivity contribution in [2.24, 2.45) is 5.92 Å². The highest BCUT2D eigenvalue weighted by Gasteiger charge is 2.34. The largest absolute Gasteiger partial charge is 0.392 e. The molecule has 0 saturated carbocycles. The van der Waals surface area contributed by atoms with Gasteiger partial charge >= 0.3 is 0 Å². The molecule has 0 aromatic heterocycles. The minimum Gasteiger partial charge on any atom is -0.392 e. The summed E-state index contributed by atoms with van der Waals surface area (Å²) in [6.07, 6.45) is 5.00. The number of nitrogens with one attached hydrogen (secondary N) is 2. The Hall–Kier alpha value is -0.610. The van der Waals surface area contributed by atoms with E-state index in [-0.39, 0.29) is 5.91 Å². The van der Waals surface area contributed by atoms with Crippen molar-refractivity contribution in [3.05, 3.63) is 0 Å². The van der Waals surface area contributed by atoms with E-state index in [0.717, 1.165) is 12.8 Å². The fraction of sp³-hybridized carbons (Fsp3) is 0.917. The maximum Gasteiger partial charge on any atom is 0.220 e. The number of carbonyl (C=O) groups is 1. The highest BCUT2D eigenvalue weighted by atomic mass is 16.3. The van der Waals surface area contributed by atoms with Crippen LogP contribution in [0, 0.1) is 5.92 Å². The summed E-state index contributed by atoms with van der Waals surface area (Å²) in [5.74, 6) is 0.625. The number of hydrogen-bond acceptors (Lipinski definition) is 3. The monoisotopic (exact) mass is 226 g/mol. The molecule has 2 unspecified atom stereocenters. The number of aliphatic hydroxyl groups is 1. The van der Waals surface area contributed by atoms with Crippen molar-refractivity contribution >= 4 is 5.91 Å². The van der Waals surface area contributed by atoms with Crippen molar-refractivity contribution in [2.45, 2.75) is 57.2 Å². The molecular formula is C12H22N2O2. The molecule has 2 aliphatic rings. The van der Waals surface area contributed by atoms with Crippen LogP contribution in [0.3, 0.4) is 0 Å². The second-order valence-electron chi connectivity index (χ2n) is 5.33. The van der Waals surface area contributed by atoms with E-state index in [1.165, 1.54) is 12.8 Å². The normalized spacial score (nSPS) is 34.8. The second kappa shape index (κ2) is 5.15. The zero-order valence-electron chi connectivity index (χ0n) is 9.91. The van der Waals surface area contributed by atoms with Crippen LogP contribution < -0.4 is 10.6 Å². The zero-order valence-corrected chi connectivity index (χ0v) is 9.91. The Morgan fingerprint density at radius 2 is 2.06 bits per heavy atom. The van der Waals surface area contributed by atoms with Gasteiger partial charge < -0.3 is 15.7 Å². The molecule has 4 nitrogen and oxygen atoms in total. The van der Waals surface area contributed by atoms with Gasteiger partial charge in [0.05, 0.1) is 6.10 Å². The summed E-state index contributed by atoms with van der Waals surface area (Å²) < 4.78 is 0. The molecular weight excluding hydrogens is 204 g/mol. The predicted molar refractivity (Wildman–Crippen MR) is 62.0 cm³/mol. The molecule has 2 aliphatic heterocycles. The quantitative estimate of drug-likeness (QED) is 0.650. The third kappa shape index (κ3) is 3.19. The maximum absolute atomic E-state index is 11.6. The first kappa shape index (κ1) is 11.9. The van der Waals surface area contributed by atoms with Crippen molar-refractivity contribution in [1.29, 1.82) is 0 Å². The van der Waals surface area contributed by atoms with E-state index in [1.807, 2.05) is 0 Å². The molecule has 2 fully saturated rings. The molecule has 3 N–H and O–H groups in total. The summed E-state index contributed by atoms with van der Waals surface area (Å²) >= 11 is 0. The highest BCUT2D eigenvalue weighted by molar-refractivity contribution is 5.76. The Kier molecular flexibility index (Phi) is 3.82. The van der Waals surface area contributed by atoms with Gasteiger partial charge in [-0.25, -0.2) is 0 Å². The van der Waals surface area contributed by atoms with Crippen LogP contribution in [0.4, 0.5) is 0 Å². The zero-order chi connectivity index (χ0) is 11.5. The third-order valence-electron chi connectivity index (χ3n) is 3.64. The number of aliphatic hydroxyl groups excluding tert-OH is 1. The second-order valence-corrected chi connectivity index (χ2v) is 5.33. The van der Waals surface area contributed by atoms with Gasteiger partial charge in [0.1, 0.15) is 0 Å². The molecule has 2 rings (SSSR count). The van der Waals surface area contributed by atoms with E-state index >= 15 is 0 Å². The number of rotatable bonds is 4. The Bertz CT molecular complexity index is 243. The lowest BCUT2D eigenvalue weighted by molar-refractivity contribution is -0.122. The molecule has 0 spiro atoms. The molecule has 3 atom stereocenters. The van der Waals surface area contributed by atoms with E-state index in [1.54, 1.807) is 6.92 Å². The van der Waals surface area contributed by atoms with Crippen molar-refractivity contribution in [3.63, 3.8) is 0 Å². The fourth-order valence-corrected chi connectivity index (χ4v) is 2.94. The van der Waals surface area contributed by atoms with Gasteiger partial charge in [-0.3, -0.25) is 4.79 Å². The first-order chi connectivity index (χ1) is 7.63. The van der Waals surface area contributed by atoms with Crippen LogP contribution in [0.1, 0.15) is 39.0 Å². The summed E-state index contributed by atoms with van der Waals surface area (Å²) in [5, 5.41) is 15.4. The smallest absolute Gasteiger partial charge is 0.220 e. The molecule has 0 aliphatic carbocycles. The first-order valence-corrected chi connectivity index (χ1v) is 6.34. The lowest BCUT2D eigenvalue weighted by atomic mass is 9.89. The average molecular weight is 226 g/mol. The SMILES string of the molecule is C[C@@H](O)CNC(=O)CC1CC2CCC(C1)N2. The van der Waals surface area contributed by atoms with Crippen molar-refractivity contribution in [3.8, 4) is 0 Å². The fourth-order valence-electron chi connectivity index (χ4n) is 2.94. The van der Waals surface area contributed by atoms with E-state index in [2.05, 4.69) is 10.6 Å². The molecule has 4 heteroatoms. The lowest BCUT2D eigenvalue weighted by Gasteiger charge is -2.28. The molecule has 16 heavy (non-hydrogen) atoms. The van der Waals surface area contributed by atoms with Crippen LogP contribution >= 0.6 is 0 Å². The summed E-state index contributed by atoms with van der Waals surface area (Å²) in [6.45, 7) is 2.06. The summed E-state index contributed by atoms with van der Waals surface area (Å²) in [7, 11) is 0. The van der Waals surface area contributed by atoms with Crippen LogP contribution in [0.25, 0.3) is 0 Å².